The number of oxazole rings is 1. The first-order chi connectivity index (χ1) is 9.95. The highest BCUT2D eigenvalue weighted by molar-refractivity contribution is 5.92. The number of hydrogen-bond donors (Lipinski definition) is 2. The number of benzene rings is 1. The zero-order chi connectivity index (χ0) is 15.4. The molecule has 1 aromatic carbocycles. The first-order valence-electron chi connectivity index (χ1n) is 7.36. The molecular weight excluding hydrogens is 268 g/mol. The fourth-order valence-corrected chi connectivity index (χ4v) is 2.23. The van der Waals surface area contributed by atoms with Crippen molar-refractivity contribution in [3.63, 3.8) is 0 Å². The Morgan fingerprint density at radius 1 is 1.33 bits per heavy atom. The van der Waals surface area contributed by atoms with Gasteiger partial charge in [-0.2, -0.15) is 4.98 Å². The van der Waals surface area contributed by atoms with E-state index < -0.39 is 5.97 Å². The highest BCUT2D eigenvalue weighted by Crippen LogP contribution is 2.21. The van der Waals surface area contributed by atoms with Crippen LogP contribution < -0.4 is 5.32 Å². The summed E-state index contributed by atoms with van der Waals surface area (Å²) in [6.45, 7) is 6.54. The second-order valence-corrected chi connectivity index (χ2v) is 5.88. The van der Waals surface area contributed by atoms with E-state index in [0.29, 0.717) is 17.1 Å². The van der Waals surface area contributed by atoms with E-state index in [9.17, 15) is 4.79 Å². The summed E-state index contributed by atoms with van der Waals surface area (Å²) < 4.78 is 5.57. The smallest absolute Gasteiger partial charge is 0.335 e. The maximum absolute atomic E-state index is 10.9. The van der Waals surface area contributed by atoms with E-state index in [1.165, 1.54) is 18.6 Å². The molecule has 1 heterocycles. The van der Waals surface area contributed by atoms with Gasteiger partial charge in [0.2, 0.25) is 0 Å². The Bertz CT molecular complexity index is 619. The van der Waals surface area contributed by atoms with Crippen LogP contribution in [-0.4, -0.2) is 22.1 Å². The molecule has 0 aliphatic heterocycles. The van der Waals surface area contributed by atoms with E-state index in [4.69, 9.17) is 9.52 Å². The van der Waals surface area contributed by atoms with E-state index in [1.54, 1.807) is 6.07 Å². The summed E-state index contributed by atoms with van der Waals surface area (Å²) in [6.07, 6.45) is 3.42. The summed E-state index contributed by atoms with van der Waals surface area (Å²) in [5.41, 5.74) is 1.36. The van der Waals surface area contributed by atoms with E-state index in [1.807, 2.05) is 0 Å². The Hall–Kier alpha value is -2.04. The van der Waals surface area contributed by atoms with Gasteiger partial charge in [-0.25, -0.2) is 4.79 Å². The van der Waals surface area contributed by atoms with E-state index in [-0.39, 0.29) is 11.6 Å². The summed E-state index contributed by atoms with van der Waals surface area (Å²) in [5, 5.41) is 12.2. The van der Waals surface area contributed by atoms with Crippen molar-refractivity contribution in [3.8, 4) is 0 Å². The molecule has 0 saturated carbocycles. The first-order valence-corrected chi connectivity index (χ1v) is 7.36. The highest BCUT2D eigenvalue weighted by atomic mass is 16.4. The average molecular weight is 290 g/mol. The van der Waals surface area contributed by atoms with Crippen LogP contribution in [-0.2, 0) is 0 Å². The molecule has 1 unspecified atom stereocenters. The Labute approximate surface area is 124 Å². The third-order valence-corrected chi connectivity index (χ3v) is 3.42. The molecule has 2 aromatic rings. The zero-order valence-electron chi connectivity index (χ0n) is 12.7. The van der Waals surface area contributed by atoms with Crippen LogP contribution in [0.3, 0.4) is 0 Å². The van der Waals surface area contributed by atoms with Crippen molar-refractivity contribution in [2.75, 3.05) is 5.32 Å². The third-order valence-electron chi connectivity index (χ3n) is 3.42. The Morgan fingerprint density at radius 3 is 2.76 bits per heavy atom. The predicted octanol–water partition coefficient (Wildman–Crippen LogP) is 4.15. The highest BCUT2D eigenvalue weighted by Gasteiger charge is 2.11. The largest absolute Gasteiger partial charge is 0.478 e. The number of rotatable bonds is 7. The molecule has 5 heteroatoms. The number of aromatic carboxylic acids is 1. The van der Waals surface area contributed by atoms with Gasteiger partial charge < -0.3 is 14.8 Å². The van der Waals surface area contributed by atoms with Gasteiger partial charge in [-0.3, -0.25) is 0 Å². The predicted molar refractivity (Wildman–Crippen MR) is 82.7 cm³/mol. The van der Waals surface area contributed by atoms with Gasteiger partial charge in [-0.15, -0.1) is 0 Å². The summed E-state index contributed by atoms with van der Waals surface area (Å²) in [7, 11) is 0. The first kappa shape index (κ1) is 15.4. The molecule has 0 aliphatic rings. The van der Waals surface area contributed by atoms with Crippen molar-refractivity contribution in [2.45, 2.75) is 46.1 Å². The van der Waals surface area contributed by atoms with Gasteiger partial charge in [0.25, 0.3) is 6.01 Å². The van der Waals surface area contributed by atoms with Crippen LogP contribution in [0.15, 0.2) is 22.6 Å². The summed E-state index contributed by atoms with van der Waals surface area (Å²) in [6, 6.07) is 5.42. The average Bonchev–Trinajstić information content (AvgIpc) is 2.78. The summed E-state index contributed by atoms with van der Waals surface area (Å²) in [5.74, 6) is -0.249. The van der Waals surface area contributed by atoms with Gasteiger partial charge in [-0.1, -0.05) is 26.7 Å². The minimum Gasteiger partial charge on any atom is -0.478 e. The van der Waals surface area contributed by atoms with Crippen LogP contribution in [0.5, 0.6) is 0 Å². The lowest BCUT2D eigenvalue weighted by molar-refractivity contribution is 0.0697. The quantitative estimate of drug-likeness (QED) is 0.801. The number of nitrogens with zero attached hydrogens (tertiary/aromatic N) is 1. The van der Waals surface area contributed by atoms with Gasteiger partial charge in [0.15, 0.2) is 5.58 Å². The van der Waals surface area contributed by atoms with Crippen LogP contribution >= 0.6 is 0 Å². The monoisotopic (exact) mass is 290 g/mol. The maximum Gasteiger partial charge on any atom is 0.335 e. The number of aromatic nitrogens is 1. The summed E-state index contributed by atoms with van der Waals surface area (Å²) >= 11 is 0. The molecule has 2 rings (SSSR count). The minimum atomic E-state index is -0.968. The van der Waals surface area contributed by atoms with Gasteiger partial charge in [0, 0.05) is 6.04 Å². The van der Waals surface area contributed by atoms with E-state index in [0.717, 1.165) is 18.8 Å². The molecule has 1 aromatic heterocycles. The SMILES string of the molecule is CC(C)CCCC(C)Nc1nc2ccc(C(=O)O)cc2o1. The molecular formula is C16H22N2O3. The standard InChI is InChI=1S/C16H22N2O3/c1-10(2)5-4-6-11(3)17-16-18-13-8-7-12(15(19)20)9-14(13)21-16/h7-11H,4-6H2,1-3H3,(H,17,18)(H,19,20). The Kier molecular flexibility index (Phi) is 4.83. The van der Waals surface area contributed by atoms with E-state index >= 15 is 0 Å². The van der Waals surface area contributed by atoms with Crippen LogP contribution in [0, 0.1) is 5.92 Å². The molecule has 114 valence electrons. The van der Waals surface area contributed by atoms with Crippen LogP contribution in [0.2, 0.25) is 0 Å². The molecule has 2 N–H and O–H groups in total. The molecule has 5 nitrogen and oxygen atoms in total. The molecule has 1 atom stereocenters. The van der Waals surface area contributed by atoms with Crippen molar-refractivity contribution in [3.05, 3.63) is 23.8 Å². The topological polar surface area (TPSA) is 75.4 Å². The minimum absolute atomic E-state index is 0.204. The number of anilines is 1. The maximum atomic E-state index is 10.9. The zero-order valence-corrected chi connectivity index (χ0v) is 12.7. The lowest BCUT2D eigenvalue weighted by Gasteiger charge is -2.12. The van der Waals surface area contributed by atoms with E-state index in [2.05, 4.69) is 31.1 Å². The fraction of sp³-hybridized carbons (Fsp3) is 0.500. The number of hydrogen-bond acceptors (Lipinski definition) is 4. The molecule has 21 heavy (non-hydrogen) atoms. The summed E-state index contributed by atoms with van der Waals surface area (Å²) in [4.78, 5) is 15.3. The fourth-order valence-electron chi connectivity index (χ4n) is 2.23. The third kappa shape index (κ3) is 4.21. The number of nitrogens with one attached hydrogen (secondary N) is 1. The Balaban J connectivity index is 2.00. The Morgan fingerprint density at radius 2 is 2.10 bits per heavy atom. The van der Waals surface area contributed by atoms with Crippen molar-refractivity contribution in [1.29, 1.82) is 0 Å². The van der Waals surface area contributed by atoms with Crippen LogP contribution in [0.4, 0.5) is 6.01 Å². The number of carboxylic acid groups (broad SMARTS) is 1. The van der Waals surface area contributed by atoms with Gasteiger partial charge in [0.1, 0.15) is 5.52 Å². The number of fused-ring (bicyclic) bond motifs is 1. The van der Waals surface area contributed by atoms with Crippen molar-refractivity contribution < 1.29 is 14.3 Å². The van der Waals surface area contributed by atoms with Gasteiger partial charge in [-0.05, 0) is 37.5 Å². The number of carbonyl (C=O) groups is 1. The molecule has 0 aliphatic carbocycles. The second-order valence-electron chi connectivity index (χ2n) is 5.88. The van der Waals surface area contributed by atoms with Crippen molar-refractivity contribution >= 4 is 23.1 Å². The molecule has 0 amide bonds. The van der Waals surface area contributed by atoms with Crippen LogP contribution in [0.25, 0.3) is 11.1 Å². The normalized spacial score (nSPS) is 12.8. The molecule has 0 spiro atoms. The molecule has 0 fully saturated rings. The van der Waals surface area contributed by atoms with Gasteiger partial charge in [0.05, 0.1) is 5.56 Å². The lowest BCUT2D eigenvalue weighted by Crippen LogP contribution is -2.15. The molecule has 0 radical (unpaired) electrons. The van der Waals surface area contributed by atoms with Crippen molar-refractivity contribution in [2.24, 2.45) is 5.92 Å². The van der Waals surface area contributed by atoms with Gasteiger partial charge >= 0.3 is 5.97 Å². The van der Waals surface area contributed by atoms with Crippen molar-refractivity contribution in [1.82, 2.24) is 4.98 Å². The van der Waals surface area contributed by atoms with Crippen LogP contribution in [0.1, 0.15) is 50.4 Å². The lowest BCUT2D eigenvalue weighted by atomic mass is 10.0. The second kappa shape index (κ2) is 6.61. The molecule has 0 bridgehead atoms. The molecule has 0 saturated heterocycles. The number of carboxylic acids is 1.